The maximum Gasteiger partial charge on any atom is 0.139 e. The van der Waals surface area contributed by atoms with Crippen molar-refractivity contribution in [1.29, 1.82) is 0 Å². The van der Waals surface area contributed by atoms with Crippen molar-refractivity contribution < 1.29 is 4.74 Å². The lowest BCUT2D eigenvalue weighted by atomic mass is 10.1. The third kappa shape index (κ3) is 4.10. The Morgan fingerprint density at radius 2 is 2.00 bits per heavy atom. The molecule has 0 unspecified atom stereocenters. The van der Waals surface area contributed by atoms with Crippen LogP contribution in [0.5, 0.6) is 5.75 Å². The number of aromatic nitrogens is 2. The number of anilines is 1. The lowest BCUT2D eigenvalue weighted by molar-refractivity contribution is 0.237. The van der Waals surface area contributed by atoms with Crippen LogP contribution in [0.3, 0.4) is 0 Å². The summed E-state index contributed by atoms with van der Waals surface area (Å²) in [6.07, 6.45) is 8.13. The minimum absolute atomic E-state index is 0.597. The molecule has 0 bridgehead atoms. The van der Waals surface area contributed by atoms with Gasteiger partial charge in [0.25, 0.3) is 0 Å². The number of nitrogens with zero attached hydrogens (tertiary/aromatic N) is 3. The number of fused-ring (bicyclic) bond motifs is 1. The van der Waals surface area contributed by atoms with E-state index < -0.39 is 0 Å². The number of halogens is 1. The van der Waals surface area contributed by atoms with Gasteiger partial charge in [-0.25, -0.2) is 4.98 Å². The normalized spacial score (nSPS) is 15.1. The third-order valence-electron chi connectivity index (χ3n) is 5.44. The molecule has 2 aromatic heterocycles. The van der Waals surface area contributed by atoms with Crippen molar-refractivity contribution in [3.63, 3.8) is 0 Å². The lowest BCUT2D eigenvalue weighted by Gasteiger charge is -2.26. The highest BCUT2D eigenvalue weighted by atomic mass is 35.5. The molecule has 1 fully saturated rings. The second-order valence-electron chi connectivity index (χ2n) is 7.44. The molecule has 28 heavy (non-hydrogen) atoms. The van der Waals surface area contributed by atoms with Crippen molar-refractivity contribution >= 4 is 22.9 Å². The molecule has 148 valence electrons. The van der Waals surface area contributed by atoms with E-state index >= 15 is 0 Å². The Morgan fingerprint density at radius 3 is 2.79 bits per heavy atom. The number of likely N-dealkylation sites (tertiary alicyclic amines) is 1. The zero-order valence-electron chi connectivity index (χ0n) is 16.5. The molecule has 3 aromatic rings. The van der Waals surface area contributed by atoms with E-state index in [0.717, 1.165) is 41.2 Å². The molecule has 1 aromatic carbocycles. The monoisotopic (exact) mass is 398 g/mol. The predicted octanol–water partition coefficient (Wildman–Crippen LogP) is 4.87. The molecule has 1 N–H and O–H groups in total. The first-order valence-corrected chi connectivity index (χ1v) is 10.3. The number of hydrogen-bond acceptors (Lipinski definition) is 4. The van der Waals surface area contributed by atoms with E-state index in [1.807, 2.05) is 29.7 Å². The number of rotatable bonds is 6. The van der Waals surface area contributed by atoms with Crippen molar-refractivity contribution in [2.45, 2.75) is 26.2 Å². The highest BCUT2D eigenvalue weighted by Gasteiger charge is 2.12. The van der Waals surface area contributed by atoms with Gasteiger partial charge >= 0.3 is 0 Å². The Morgan fingerprint density at radius 1 is 1.18 bits per heavy atom. The molecule has 0 atom stereocenters. The third-order valence-corrected chi connectivity index (χ3v) is 5.74. The number of methoxy groups -OCH3 is 1. The van der Waals surface area contributed by atoms with Gasteiger partial charge < -0.3 is 19.4 Å². The van der Waals surface area contributed by atoms with E-state index in [1.165, 1.54) is 32.4 Å². The molecule has 0 radical (unpaired) electrons. The Balaban J connectivity index is 1.49. The second-order valence-corrected chi connectivity index (χ2v) is 7.84. The molecule has 0 aliphatic carbocycles. The van der Waals surface area contributed by atoms with Gasteiger partial charge in [0.05, 0.1) is 17.8 Å². The highest BCUT2D eigenvalue weighted by Crippen LogP contribution is 2.33. The molecule has 1 saturated heterocycles. The lowest BCUT2D eigenvalue weighted by Crippen LogP contribution is -2.33. The van der Waals surface area contributed by atoms with E-state index in [2.05, 4.69) is 28.5 Å². The standard InChI is InChI=1S/C22H27ClN4O/c1-16-12-21(28-2)19(23)14-18(16)20-15-27-10-6-17(13-22(27)25-20)24-7-11-26-8-4-3-5-9-26/h6,10,12-15,24H,3-5,7-9,11H2,1-2H3. The zero-order valence-corrected chi connectivity index (χ0v) is 17.3. The van der Waals surface area contributed by atoms with Crippen LogP contribution in [0.25, 0.3) is 16.9 Å². The SMILES string of the molecule is COc1cc(C)c(-c2cn3ccc(NCCN4CCCCC4)cc3n2)cc1Cl. The number of imidazole rings is 1. The molecule has 5 nitrogen and oxygen atoms in total. The zero-order chi connectivity index (χ0) is 19.5. The molecule has 0 amide bonds. The molecule has 1 aliphatic heterocycles. The van der Waals surface area contributed by atoms with Crippen molar-refractivity contribution in [3.05, 3.63) is 47.2 Å². The van der Waals surface area contributed by atoms with Crippen LogP contribution in [0.2, 0.25) is 5.02 Å². The van der Waals surface area contributed by atoms with Crippen LogP contribution in [-0.2, 0) is 0 Å². The van der Waals surface area contributed by atoms with Crippen LogP contribution in [0.4, 0.5) is 5.69 Å². The minimum Gasteiger partial charge on any atom is -0.495 e. The number of piperidine rings is 1. The fraction of sp³-hybridized carbons (Fsp3) is 0.409. The molecule has 1 aliphatic rings. The van der Waals surface area contributed by atoms with Crippen LogP contribution >= 0.6 is 11.6 Å². The average Bonchev–Trinajstić information content (AvgIpc) is 3.13. The van der Waals surface area contributed by atoms with Crippen molar-refractivity contribution in [3.8, 4) is 17.0 Å². The van der Waals surface area contributed by atoms with Crippen LogP contribution in [-0.4, -0.2) is 47.6 Å². The van der Waals surface area contributed by atoms with Gasteiger partial charge in [0, 0.05) is 42.8 Å². The van der Waals surface area contributed by atoms with Crippen LogP contribution in [0.15, 0.2) is 36.7 Å². The van der Waals surface area contributed by atoms with Gasteiger partial charge in [0.2, 0.25) is 0 Å². The van der Waals surface area contributed by atoms with Gasteiger partial charge in [0.1, 0.15) is 11.4 Å². The van der Waals surface area contributed by atoms with E-state index in [4.69, 9.17) is 21.3 Å². The molecule has 4 rings (SSSR count). The van der Waals surface area contributed by atoms with Crippen molar-refractivity contribution in [2.75, 3.05) is 38.6 Å². The quantitative estimate of drug-likeness (QED) is 0.643. The summed E-state index contributed by atoms with van der Waals surface area (Å²) in [5.74, 6) is 0.687. The molecule has 6 heteroatoms. The van der Waals surface area contributed by atoms with Gasteiger partial charge in [-0.05, 0) is 56.6 Å². The van der Waals surface area contributed by atoms with E-state index in [0.29, 0.717) is 10.8 Å². The van der Waals surface area contributed by atoms with Gasteiger partial charge in [-0.15, -0.1) is 0 Å². The maximum absolute atomic E-state index is 6.32. The fourth-order valence-electron chi connectivity index (χ4n) is 3.85. The van der Waals surface area contributed by atoms with Crippen molar-refractivity contribution in [2.24, 2.45) is 0 Å². The summed E-state index contributed by atoms with van der Waals surface area (Å²) in [4.78, 5) is 7.35. The number of pyridine rings is 1. The first-order valence-electron chi connectivity index (χ1n) is 9.93. The molecular formula is C22H27ClN4O. The summed E-state index contributed by atoms with van der Waals surface area (Å²) in [7, 11) is 1.63. The van der Waals surface area contributed by atoms with E-state index in [9.17, 15) is 0 Å². The topological polar surface area (TPSA) is 41.8 Å². The van der Waals surface area contributed by atoms with Crippen molar-refractivity contribution in [1.82, 2.24) is 14.3 Å². The fourth-order valence-corrected chi connectivity index (χ4v) is 4.09. The molecule has 3 heterocycles. The van der Waals surface area contributed by atoms with Gasteiger partial charge in [-0.3, -0.25) is 0 Å². The number of hydrogen-bond donors (Lipinski definition) is 1. The Bertz CT molecular complexity index is 963. The summed E-state index contributed by atoms with van der Waals surface area (Å²) < 4.78 is 7.35. The number of benzene rings is 1. The summed E-state index contributed by atoms with van der Waals surface area (Å²) in [6, 6.07) is 8.08. The largest absolute Gasteiger partial charge is 0.495 e. The van der Waals surface area contributed by atoms with Crippen LogP contribution in [0, 0.1) is 6.92 Å². The summed E-state index contributed by atoms with van der Waals surface area (Å²) in [5, 5.41) is 4.13. The summed E-state index contributed by atoms with van der Waals surface area (Å²) >= 11 is 6.32. The maximum atomic E-state index is 6.32. The Labute approximate surface area is 171 Å². The smallest absolute Gasteiger partial charge is 0.139 e. The van der Waals surface area contributed by atoms with E-state index in [-0.39, 0.29) is 0 Å². The summed E-state index contributed by atoms with van der Waals surface area (Å²) in [5.41, 5.74) is 5.04. The predicted molar refractivity (Wildman–Crippen MR) is 116 cm³/mol. The molecule has 0 saturated carbocycles. The van der Waals surface area contributed by atoms with Crippen LogP contribution in [0.1, 0.15) is 24.8 Å². The number of nitrogens with one attached hydrogen (secondary N) is 1. The molecular weight excluding hydrogens is 372 g/mol. The highest BCUT2D eigenvalue weighted by molar-refractivity contribution is 6.32. The van der Waals surface area contributed by atoms with Gasteiger partial charge in [-0.2, -0.15) is 0 Å². The second kappa shape index (κ2) is 8.41. The van der Waals surface area contributed by atoms with E-state index in [1.54, 1.807) is 7.11 Å². The summed E-state index contributed by atoms with van der Waals surface area (Å²) in [6.45, 7) is 6.55. The number of ether oxygens (including phenoxy) is 1. The average molecular weight is 399 g/mol. The Kier molecular flexibility index (Phi) is 5.74. The Hall–Kier alpha value is -2.24. The first kappa shape index (κ1) is 19.1. The number of aryl methyl sites for hydroxylation is 1. The van der Waals surface area contributed by atoms with Gasteiger partial charge in [-0.1, -0.05) is 18.0 Å². The van der Waals surface area contributed by atoms with Gasteiger partial charge in [0.15, 0.2) is 0 Å². The molecule has 0 spiro atoms. The van der Waals surface area contributed by atoms with Crippen LogP contribution < -0.4 is 10.1 Å². The minimum atomic E-state index is 0.597. The first-order chi connectivity index (χ1) is 13.6.